The van der Waals surface area contributed by atoms with Crippen molar-refractivity contribution in [1.82, 2.24) is 10.3 Å². The molecule has 4 aromatic rings. The van der Waals surface area contributed by atoms with E-state index in [9.17, 15) is 0 Å². The minimum Gasteiger partial charge on any atom is -0.459 e. The smallest absolute Gasteiger partial charge is 0.174 e. The van der Waals surface area contributed by atoms with E-state index in [1.165, 1.54) is 11.1 Å². The maximum absolute atomic E-state index is 6.39. The number of nitrogens with zero attached hydrogens (tertiary/aromatic N) is 2. The minimum atomic E-state index is -0.181. The molecule has 2 atom stereocenters. The zero-order chi connectivity index (χ0) is 22.2. The summed E-state index contributed by atoms with van der Waals surface area (Å²) >= 11 is 11.9. The van der Waals surface area contributed by atoms with Crippen molar-refractivity contribution >= 4 is 34.6 Å². The standard InChI is InChI=1S/C26H22ClN3OS/c1-16-13-17(2)15-20(14-16)30-25(24(29-26(30)32)21-5-3-4-12-28-21)23-11-10-22(31-23)18-6-8-19(27)9-7-18/h3-15,24-25H,1-2H3,(H,29,32)/t24-,25+/m0/s1. The molecule has 1 saturated heterocycles. The Morgan fingerprint density at radius 3 is 2.41 bits per heavy atom. The molecule has 1 aliphatic heterocycles. The molecule has 5 rings (SSSR count). The highest BCUT2D eigenvalue weighted by Gasteiger charge is 2.42. The topological polar surface area (TPSA) is 41.3 Å². The molecule has 1 fully saturated rings. The Hall–Kier alpha value is -3.15. The summed E-state index contributed by atoms with van der Waals surface area (Å²) in [7, 11) is 0. The number of anilines is 1. The lowest BCUT2D eigenvalue weighted by molar-refractivity contribution is 0.439. The van der Waals surface area contributed by atoms with Crippen molar-refractivity contribution in [2.24, 2.45) is 0 Å². The van der Waals surface area contributed by atoms with Crippen LogP contribution < -0.4 is 10.2 Å². The van der Waals surface area contributed by atoms with Crippen LogP contribution in [0.4, 0.5) is 5.69 Å². The highest BCUT2D eigenvalue weighted by atomic mass is 35.5. The first-order valence-corrected chi connectivity index (χ1v) is 11.2. The molecule has 2 aromatic carbocycles. The number of pyridine rings is 1. The lowest BCUT2D eigenvalue weighted by atomic mass is 10.0. The van der Waals surface area contributed by atoms with E-state index in [1.807, 2.05) is 54.6 Å². The van der Waals surface area contributed by atoms with Gasteiger partial charge in [-0.05, 0) is 97.9 Å². The highest BCUT2D eigenvalue weighted by Crippen LogP contribution is 2.43. The van der Waals surface area contributed by atoms with Crippen LogP contribution >= 0.6 is 23.8 Å². The summed E-state index contributed by atoms with van der Waals surface area (Å²) in [5.41, 5.74) is 5.29. The molecule has 32 heavy (non-hydrogen) atoms. The van der Waals surface area contributed by atoms with Gasteiger partial charge in [0.1, 0.15) is 17.6 Å². The predicted octanol–water partition coefficient (Wildman–Crippen LogP) is 6.79. The van der Waals surface area contributed by atoms with Gasteiger partial charge in [-0.3, -0.25) is 4.98 Å². The van der Waals surface area contributed by atoms with Crippen molar-refractivity contribution in [3.05, 3.63) is 107 Å². The van der Waals surface area contributed by atoms with E-state index in [-0.39, 0.29) is 12.1 Å². The molecule has 3 heterocycles. The molecular formula is C26H22ClN3OS. The molecule has 0 saturated carbocycles. The van der Waals surface area contributed by atoms with Crippen LogP contribution in [0.1, 0.15) is 34.7 Å². The number of hydrogen-bond donors (Lipinski definition) is 1. The van der Waals surface area contributed by atoms with Gasteiger partial charge in [-0.25, -0.2) is 0 Å². The quantitative estimate of drug-likeness (QED) is 0.340. The number of nitrogens with one attached hydrogen (secondary N) is 1. The van der Waals surface area contributed by atoms with Crippen LogP contribution in [0.15, 0.2) is 83.4 Å². The first-order valence-electron chi connectivity index (χ1n) is 10.4. The van der Waals surface area contributed by atoms with Gasteiger partial charge in [-0.1, -0.05) is 23.7 Å². The molecule has 1 N–H and O–H groups in total. The Kier molecular flexibility index (Phi) is 5.45. The molecule has 160 valence electrons. The Morgan fingerprint density at radius 1 is 0.969 bits per heavy atom. The molecule has 0 amide bonds. The van der Waals surface area contributed by atoms with Crippen molar-refractivity contribution in [2.45, 2.75) is 25.9 Å². The summed E-state index contributed by atoms with van der Waals surface area (Å²) in [6.45, 7) is 4.19. The number of benzene rings is 2. The van der Waals surface area contributed by atoms with Crippen LogP contribution in [0.5, 0.6) is 0 Å². The van der Waals surface area contributed by atoms with Gasteiger partial charge < -0.3 is 14.6 Å². The molecule has 0 aliphatic carbocycles. The fourth-order valence-corrected chi connectivity index (χ4v) is 4.76. The third-order valence-electron chi connectivity index (χ3n) is 5.63. The SMILES string of the molecule is Cc1cc(C)cc(N2C(=S)N[C@@H](c3ccccn3)[C@H]2c2ccc(-c3ccc(Cl)cc3)o2)c1. The third-order valence-corrected chi connectivity index (χ3v) is 6.20. The van der Waals surface area contributed by atoms with Crippen LogP contribution in [0.2, 0.25) is 5.02 Å². The van der Waals surface area contributed by atoms with Gasteiger partial charge in [0.2, 0.25) is 0 Å². The fourth-order valence-electron chi connectivity index (χ4n) is 4.29. The summed E-state index contributed by atoms with van der Waals surface area (Å²) < 4.78 is 6.39. The molecule has 4 nitrogen and oxygen atoms in total. The molecule has 2 aromatic heterocycles. The second-order valence-electron chi connectivity index (χ2n) is 8.05. The van der Waals surface area contributed by atoms with Crippen LogP contribution in [0.25, 0.3) is 11.3 Å². The van der Waals surface area contributed by atoms with E-state index in [0.29, 0.717) is 10.1 Å². The minimum absolute atomic E-state index is 0.145. The first kappa shape index (κ1) is 20.7. The zero-order valence-electron chi connectivity index (χ0n) is 17.7. The van der Waals surface area contributed by atoms with Gasteiger partial charge in [0.05, 0.1) is 11.7 Å². The Morgan fingerprint density at radius 2 is 1.72 bits per heavy atom. The van der Waals surface area contributed by atoms with Gasteiger partial charge in [0.25, 0.3) is 0 Å². The molecule has 6 heteroatoms. The second kappa shape index (κ2) is 8.41. The van der Waals surface area contributed by atoms with Gasteiger partial charge >= 0.3 is 0 Å². The maximum Gasteiger partial charge on any atom is 0.174 e. The molecular weight excluding hydrogens is 438 g/mol. The summed E-state index contributed by atoms with van der Waals surface area (Å²) in [5, 5.41) is 4.83. The summed E-state index contributed by atoms with van der Waals surface area (Å²) in [4.78, 5) is 6.74. The number of halogens is 1. The van der Waals surface area contributed by atoms with E-state index in [0.717, 1.165) is 28.5 Å². The van der Waals surface area contributed by atoms with Crippen molar-refractivity contribution < 1.29 is 4.42 Å². The number of aryl methyl sites for hydroxylation is 2. The van der Waals surface area contributed by atoms with Crippen molar-refractivity contribution in [3.8, 4) is 11.3 Å². The molecule has 0 bridgehead atoms. The van der Waals surface area contributed by atoms with Crippen molar-refractivity contribution in [3.63, 3.8) is 0 Å². The first-order chi connectivity index (χ1) is 15.5. The van der Waals surface area contributed by atoms with Crippen LogP contribution in [0.3, 0.4) is 0 Å². The van der Waals surface area contributed by atoms with Crippen molar-refractivity contribution in [1.29, 1.82) is 0 Å². The van der Waals surface area contributed by atoms with Gasteiger partial charge in [0, 0.05) is 22.5 Å². The average Bonchev–Trinajstić information content (AvgIpc) is 3.39. The predicted molar refractivity (Wildman–Crippen MR) is 133 cm³/mol. The van der Waals surface area contributed by atoms with Crippen molar-refractivity contribution in [2.75, 3.05) is 4.90 Å². The normalized spacial score (nSPS) is 18.1. The molecule has 0 radical (unpaired) electrons. The van der Waals surface area contributed by atoms with Crippen LogP contribution in [-0.2, 0) is 0 Å². The number of hydrogen-bond acceptors (Lipinski definition) is 3. The average molecular weight is 460 g/mol. The Balaban J connectivity index is 1.61. The van der Waals surface area contributed by atoms with E-state index in [4.69, 9.17) is 28.2 Å². The molecule has 0 spiro atoms. The second-order valence-corrected chi connectivity index (χ2v) is 8.87. The monoisotopic (exact) mass is 459 g/mol. The summed E-state index contributed by atoms with van der Waals surface area (Å²) in [5.74, 6) is 1.60. The van der Waals surface area contributed by atoms with Gasteiger partial charge in [-0.15, -0.1) is 0 Å². The maximum atomic E-state index is 6.39. The Bertz CT molecular complexity index is 1250. The lowest BCUT2D eigenvalue weighted by Crippen LogP contribution is -2.29. The summed E-state index contributed by atoms with van der Waals surface area (Å²) in [6, 6.07) is 23.7. The fraction of sp³-hybridized carbons (Fsp3) is 0.154. The van der Waals surface area contributed by atoms with Gasteiger partial charge in [-0.2, -0.15) is 0 Å². The largest absolute Gasteiger partial charge is 0.459 e. The number of furan rings is 1. The number of aromatic nitrogens is 1. The molecule has 0 unspecified atom stereocenters. The highest BCUT2D eigenvalue weighted by molar-refractivity contribution is 7.80. The number of rotatable bonds is 4. The van der Waals surface area contributed by atoms with E-state index >= 15 is 0 Å². The van der Waals surface area contributed by atoms with Crippen LogP contribution in [-0.4, -0.2) is 10.1 Å². The van der Waals surface area contributed by atoms with E-state index in [2.05, 4.69) is 47.2 Å². The lowest BCUT2D eigenvalue weighted by Gasteiger charge is -2.26. The third kappa shape index (κ3) is 3.90. The Labute approximate surface area is 197 Å². The van der Waals surface area contributed by atoms with Crippen LogP contribution in [0, 0.1) is 13.8 Å². The molecule has 1 aliphatic rings. The van der Waals surface area contributed by atoms with E-state index in [1.54, 1.807) is 6.20 Å². The van der Waals surface area contributed by atoms with Gasteiger partial charge in [0.15, 0.2) is 5.11 Å². The zero-order valence-corrected chi connectivity index (χ0v) is 19.3. The van der Waals surface area contributed by atoms with E-state index < -0.39 is 0 Å². The number of thiocarbonyl (C=S) groups is 1. The summed E-state index contributed by atoms with van der Waals surface area (Å²) in [6.07, 6.45) is 1.80.